The number of rotatable bonds is 2. The number of hydrogen-bond donors (Lipinski definition) is 1. The molecule has 1 N–H and O–H groups in total. The molecule has 0 aliphatic rings. The first-order valence-corrected chi connectivity index (χ1v) is 7.05. The van der Waals surface area contributed by atoms with Crippen molar-refractivity contribution >= 4 is 5.97 Å². The van der Waals surface area contributed by atoms with E-state index in [4.69, 9.17) is 5.11 Å². The highest BCUT2D eigenvalue weighted by molar-refractivity contribution is 5.88. The molecule has 0 aromatic heterocycles. The lowest BCUT2D eigenvalue weighted by atomic mass is 9.84. The molecule has 0 aliphatic heterocycles. The lowest BCUT2D eigenvalue weighted by Gasteiger charge is -2.22. The molecule has 2 aromatic carbocycles. The molecule has 0 fully saturated rings. The molecular weight excluding hydrogens is 305 g/mol. The Hall–Kier alpha value is -2.30. The summed E-state index contributed by atoms with van der Waals surface area (Å²) in [5.74, 6) is -1.12. The third-order valence-corrected chi connectivity index (χ3v) is 3.63. The van der Waals surface area contributed by atoms with E-state index in [2.05, 4.69) is 0 Å². The summed E-state index contributed by atoms with van der Waals surface area (Å²) in [5.41, 5.74) is -0.103. The molecule has 2 aromatic rings. The van der Waals surface area contributed by atoms with Gasteiger partial charge >= 0.3 is 12.1 Å². The van der Waals surface area contributed by atoms with E-state index in [1.807, 2.05) is 20.8 Å². The van der Waals surface area contributed by atoms with Gasteiger partial charge in [0, 0.05) is 0 Å². The van der Waals surface area contributed by atoms with E-state index in [0.717, 1.165) is 0 Å². The van der Waals surface area contributed by atoms with Gasteiger partial charge in [0.2, 0.25) is 0 Å². The lowest BCUT2D eigenvalue weighted by Crippen LogP contribution is -2.15. The van der Waals surface area contributed by atoms with Crippen molar-refractivity contribution in [2.24, 2.45) is 0 Å². The predicted octanol–water partition coefficient (Wildman–Crippen LogP) is 5.37. The maximum atomic E-state index is 13.4. The van der Waals surface area contributed by atoms with Gasteiger partial charge in [0.05, 0.1) is 11.1 Å². The van der Waals surface area contributed by atoms with E-state index in [9.17, 15) is 18.0 Å². The number of aromatic carboxylic acids is 1. The summed E-state index contributed by atoms with van der Waals surface area (Å²) in [7, 11) is 0. The van der Waals surface area contributed by atoms with Gasteiger partial charge in [-0.25, -0.2) is 4.79 Å². The van der Waals surface area contributed by atoms with Crippen molar-refractivity contribution in [3.63, 3.8) is 0 Å². The summed E-state index contributed by atoms with van der Waals surface area (Å²) in [4.78, 5) is 10.8. The third-order valence-electron chi connectivity index (χ3n) is 3.63. The fourth-order valence-corrected chi connectivity index (χ4v) is 2.29. The Labute approximate surface area is 132 Å². The zero-order chi connectivity index (χ0) is 17.4. The molecule has 0 radical (unpaired) electrons. The van der Waals surface area contributed by atoms with E-state index in [1.165, 1.54) is 36.4 Å². The number of halogens is 3. The second-order valence-corrected chi connectivity index (χ2v) is 6.39. The Balaban J connectivity index is 2.60. The Morgan fingerprint density at radius 2 is 1.52 bits per heavy atom. The molecule has 0 bridgehead atoms. The average molecular weight is 322 g/mol. The zero-order valence-corrected chi connectivity index (χ0v) is 13.0. The number of carboxylic acid groups (broad SMARTS) is 1. The molecule has 0 heterocycles. The first-order valence-electron chi connectivity index (χ1n) is 7.05. The van der Waals surface area contributed by atoms with Crippen LogP contribution in [0.15, 0.2) is 42.5 Å². The van der Waals surface area contributed by atoms with E-state index in [-0.39, 0.29) is 11.1 Å². The van der Waals surface area contributed by atoms with Crippen LogP contribution in [-0.4, -0.2) is 11.1 Å². The van der Waals surface area contributed by atoms with Crippen LogP contribution in [-0.2, 0) is 11.6 Å². The molecule has 0 saturated carbocycles. The number of carbonyl (C=O) groups is 1. The van der Waals surface area contributed by atoms with Crippen LogP contribution in [0.1, 0.15) is 42.3 Å². The molecule has 0 aliphatic carbocycles. The van der Waals surface area contributed by atoms with Crippen LogP contribution in [0.5, 0.6) is 0 Å². The van der Waals surface area contributed by atoms with Crippen molar-refractivity contribution in [2.75, 3.05) is 0 Å². The fraction of sp³-hybridized carbons (Fsp3) is 0.278. The van der Waals surface area contributed by atoms with E-state index >= 15 is 0 Å². The van der Waals surface area contributed by atoms with Crippen LogP contribution in [0.3, 0.4) is 0 Å². The van der Waals surface area contributed by atoms with Crippen molar-refractivity contribution in [2.45, 2.75) is 32.4 Å². The van der Waals surface area contributed by atoms with Crippen LogP contribution in [0.2, 0.25) is 0 Å². The highest BCUT2D eigenvalue weighted by atomic mass is 19.4. The minimum atomic E-state index is -4.48. The van der Waals surface area contributed by atoms with Gasteiger partial charge in [0.15, 0.2) is 0 Å². The van der Waals surface area contributed by atoms with Gasteiger partial charge in [-0.05, 0) is 40.3 Å². The summed E-state index contributed by atoms with van der Waals surface area (Å²) in [5, 5.41) is 8.88. The third kappa shape index (κ3) is 3.73. The second-order valence-electron chi connectivity index (χ2n) is 6.39. The molecule has 2 nitrogen and oxygen atoms in total. The Morgan fingerprint density at radius 1 is 0.957 bits per heavy atom. The number of benzene rings is 2. The molecule has 23 heavy (non-hydrogen) atoms. The Bertz CT molecular complexity index is 723. The topological polar surface area (TPSA) is 37.3 Å². The molecule has 0 amide bonds. The molecule has 2 rings (SSSR count). The van der Waals surface area contributed by atoms with Gasteiger partial charge in [0.25, 0.3) is 0 Å². The lowest BCUT2D eigenvalue weighted by molar-refractivity contribution is -0.137. The largest absolute Gasteiger partial charge is 0.478 e. The summed E-state index contributed by atoms with van der Waals surface area (Å²) in [6, 6.07) is 9.68. The minimum absolute atomic E-state index is 0.0358. The van der Waals surface area contributed by atoms with Crippen LogP contribution >= 0.6 is 0 Å². The summed E-state index contributed by atoms with van der Waals surface area (Å²) in [6.45, 7) is 5.55. The molecule has 0 unspecified atom stereocenters. The smallest absolute Gasteiger partial charge is 0.417 e. The van der Waals surface area contributed by atoms with Gasteiger partial charge in [-0.15, -0.1) is 0 Å². The zero-order valence-electron chi connectivity index (χ0n) is 13.0. The fourth-order valence-electron chi connectivity index (χ4n) is 2.29. The van der Waals surface area contributed by atoms with Gasteiger partial charge in [-0.2, -0.15) is 13.2 Å². The number of hydrogen-bond acceptors (Lipinski definition) is 1. The van der Waals surface area contributed by atoms with Crippen molar-refractivity contribution in [1.29, 1.82) is 0 Å². The highest BCUT2D eigenvalue weighted by Crippen LogP contribution is 2.39. The molecule has 5 heteroatoms. The summed E-state index contributed by atoms with van der Waals surface area (Å²) >= 11 is 0. The SMILES string of the molecule is CC(C)(C)c1ccc(-c2ccc(C(=O)O)cc2)c(C(F)(F)F)c1. The normalized spacial score (nSPS) is 12.3. The second kappa shape index (κ2) is 5.72. The van der Waals surface area contributed by atoms with E-state index < -0.39 is 23.1 Å². The summed E-state index contributed by atoms with van der Waals surface area (Å²) < 4.78 is 40.2. The Morgan fingerprint density at radius 3 is 1.96 bits per heavy atom. The van der Waals surface area contributed by atoms with Crippen LogP contribution in [0.25, 0.3) is 11.1 Å². The molecule has 0 saturated heterocycles. The van der Waals surface area contributed by atoms with Gasteiger partial charge < -0.3 is 5.11 Å². The maximum absolute atomic E-state index is 13.4. The quantitative estimate of drug-likeness (QED) is 0.807. The van der Waals surface area contributed by atoms with Crippen molar-refractivity contribution < 1.29 is 23.1 Å². The van der Waals surface area contributed by atoms with Gasteiger partial charge in [-0.3, -0.25) is 0 Å². The van der Waals surface area contributed by atoms with Crippen molar-refractivity contribution in [1.82, 2.24) is 0 Å². The molecule has 0 atom stereocenters. The summed E-state index contributed by atoms with van der Waals surface area (Å²) in [6.07, 6.45) is -4.48. The maximum Gasteiger partial charge on any atom is 0.417 e. The minimum Gasteiger partial charge on any atom is -0.478 e. The van der Waals surface area contributed by atoms with E-state index in [1.54, 1.807) is 6.07 Å². The average Bonchev–Trinajstić information content (AvgIpc) is 2.45. The Kier molecular flexibility index (Phi) is 4.24. The van der Waals surface area contributed by atoms with Crippen LogP contribution in [0.4, 0.5) is 13.2 Å². The van der Waals surface area contributed by atoms with E-state index in [0.29, 0.717) is 11.1 Å². The monoisotopic (exact) mass is 322 g/mol. The molecular formula is C18H17F3O2. The highest BCUT2D eigenvalue weighted by Gasteiger charge is 2.34. The van der Waals surface area contributed by atoms with Crippen molar-refractivity contribution in [3.05, 3.63) is 59.2 Å². The molecule has 122 valence electrons. The van der Waals surface area contributed by atoms with Crippen LogP contribution in [0, 0.1) is 0 Å². The first kappa shape index (κ1) is 17.1. The van der Waals surface area contributed by atoms with Gasteiger partial charge in [0.1, 0.15) is 0 Å². The number of alkyl halides is 3. The first-order chi connectivity index (χ1) is 10.5. The predicted molar refractivity (Wildman–Crippen MR) is 82.5 cm³/mol. The molecule has 0 spiro atoms. The van der Waals surface area contributed by atoms with Crippen molar-refractivity contribution in [3.8, 4) is 11.1 Å². The standard InChI is InChI=1S/C18H17F3O2/c1-17(2,3)13-8-9-14(15(10-13)18(19,20)21)11-4-6-12(7-5-11)16(22)23/h4-10H,1-3H3,(H,22,23). The number of carboxylic acids is 1. The van der Waals surface area contributed by atoms with Crippen LogP contribution < -0.4 is 0 Å². The van der Waals surface area contributed by atoms with Gasteiger partial charge in [-0.1, -0.05) is 45.0 Å².